The van der Waals surface area contributed by atoms with E-state index in [1.165, 1.54) is 0 Å². The summed E-state index contributed by atoms with van der Waals surface area (Å²) in [6.45, 7) is 9.30. The van der Waals surface area contributed by atoms with Crippen molar-refractivity contribution in [2.75, 3.05) is 39.3 Å². The Morgan fingerprint density at radius 2 is 1.55 bits per heavy atom. The van der Waals surface area contributed by atoms with Crippen molar-refractivity contribution in [3.63, 3.8) is 0 Å². The van der Waals surface area contributed by atoms with Crippen molar-refractivity contribution in [1.82, 2.24) is 15.1 Å². The molecule has 20 heavy (non-hydrogen) atoms. The first-order valence-electron chi connectivity index (χ1n) is 7.56. The Balaban J connectivity index is 2.60. The average molecular weight is 284 g/mol. The molecule has 0 aliphatic carbocycles. The summed E-state index contributed by atoms with van der Waals surface area (Å²) in [5.74, 6) is 0.139. The SMILES string of the molecule is CCNC(=O)N1CCN(C(=O)C(CC)(CC)CN)CC1. The standard InChI is InChI=1S/C14H28N4O2/c1-4-14(5-2,11-15)12(19)17-7-9-18(10-8-17)13(20)16-6-3/h4-11,15H2,1-3H3,(H,16,20). The van der Waals surface area contributed by atoms with Crippen LogP contribution in [0.1, 0.15) is 33.6 Å². The van der Waals surface area contributed by atoms with E-state index in [4.69, 9.17) is 5.73 Å². The zero-order chi connectivity index (χ0) is 15.2. The zero-order valence-electron chi connectivity index (χ0n) is 12.9. The van der Waals surface area contributed by atoms with Gasteiger partial charge in [-0.15, -0.1) is 0 Å². The Bertz CT molecular complexity index is 326. The third-order valence-corrected chi connectivity index (χ3v) is 4.38. The number of rotatable bonds is 5. The van der Waals surface area contributed by atoms with Crippen LogP contribution in [-0.4, -0.2) is 61.0 Å². The van der Waals surface area contributed by atoms with E-state index < -0.39 is 5.41 Å². The van der Waals surface area contributed by atoms with Gasteiger partial charge in [-0.2, -0.15) is 0 Å². The lowest BCUT2D eigenvalue weighted by atomic mass is 9.81. The van der Waals surface area contributed by atoms with Crippen LogP contribution in [0.2, 0.25) is 0 Å². The molecule has 0 aromatic carbocycles. The van der Waals surface area contributed by atoms with Crippen LogP contribution in [0.3, 0.4) is 0 Å². The summed E-state index contributed by atoms with van der Waals surface area (Å²) in [6, 6.07) is -0.0457. The minimum absolute atomic E-state index is 0.0457. The van der Waals surface area contributed by atoms with Crippen LogP contribution >= 0.6 is 0 Å². The van der Waals surface area contributed by atoms with E-state index in [1.54, 1.807) is 4.90 Å². The number of hydrogen-bond acceptors (Lipinski definition) is 3. The molecule has 1 rings (SSSR count). The van der Waals surface area contributed by atoms with Gasteiger partial charge in [-0.25, -0.2) is 4.79 Å². The number of piperazine rings is 1. The molecule has 3 N–H and O–H groups in total. The number of nitrogens with zero attached hydrogens (tertiary/aromatic N) is 2. The molecule has 1 aliphatic heterocycles. The molecule has 1 saturated heterocycles. The highest BCUT2D eigenvalue weighted by molar-refractivity contribution is 5.83. The molecule has 6 heteroatoms. The minimum atomic E-state index is -0.437. The van der Waals surface area contributed by atoms with Gasteiger partial charge in [0.05, 0.1) is 5.41 Å². The van der Waals surface area contributed by atoms with Gasteiger partial charge in [-0.05, 0) is 19.8 Å². The second-order valence-corrected chi connectivity index (χ2v) is 5.31. The smallest absolute Gasteiger partial charge is 0.317 e. The predicted molar refractivity (Wildman–Crippen MR) is 79.3 cm³/mol. The zero-order valence-corrected chi connectivity index (χ0v) is 12.9. The lowest BCUT2D eigenvalue weighted by Gasteiger charge is -2.40. The molecule has 3 amide bonds. The van der Waals surface area contributed by atoms with Crippen LogP contribution in [0.15, 0.2) is 0 Å². The molecule has 0 bridgehead atoms. The Morgan fingerprint density at radius 1 is 1.05 bits per heavy atom. The molecule has 0 aromatic rings. The number of carbonyl (C=O) groups is 2. The van der Waals surface area contributed by atoms with E-state index in [9.17, 15) is 9.59 Å². The molecule has 1 heterocycles. The molecule has 0 saturated carbocycles. The van der Waals surface area contributed by atoms with Gasteiger partial charge in [0.2, 0.25) is 5.91 Å². The first-order chi connectivity index (χ1) is 9.54. The summed E-state index contributed by atoms with van der Waals surface area (Å²) in [7, 11) is 0. The van der Waals surface area contributed by atoms with E-state index in [2.05, 4.69) is 5.32 Å². The monoisotopic (exact) mass is 284 g/mol. The van der Waals surface area contributed by atoms with Crippen molar-refractivity contribution in [1.29, 1.82) is 0 Å². The van der Waals surface area contributed by atoms with Crippen molar-refractivity contribution in [3.05, 3.63) is 0 Å². The number of carbonyl (C=O) groups excluding carboxylic acids is 2. The maximum atomic E-state index is 12.6. The quantitative estimate of drug-likeness (QED) is 0.777. The highest BCUT2D eigenvalue weighted by Gasteiger charge is 2.38. The molecule has 1 aliphatic rings. The van der Waals surface area contributed by atoms with E-state index >= 15 is 0 Å². The number of amides is 3. The lowest BCUT2D eigenvalue weighted by Crippen LogP contribution is -2.57. The molecule has 1 fully saturated rings. The fraction of sp³-hybridized carbons (Fsp3) is 0.857. The van der Waals surface area contributed by atoms with Crippen molar-refractivity contribution in [2.24, 2.45) is 11.1 Å². The van der Waals surface area contributed by atoms with Gasteiger partial charge in [-0.3, -0.25) is 4.79 Å². The first-order valence-corrected chi connectivity index (χ1v) is 7.56. The Labute approximate surface area is 121 Å². The first kappa shape index (κ1) is 16.8. The summed E-state index contributed by atoms with van der Waals surface area (Å²) < 4.78 is 0. The van der Waals surface area contributed by atoms with Crippen molar-refractivity contribution < 1.29 is 9.59 Å². The molecule has 0 radical (unpaired) electrons. The summed E-state index contributed by atoms with van der Waals surface area (Å²) in [6.07, 6.45) is 1.52. The van der Waals surface area contributed by atoms with Gasteiger partial charge >= 0.3 is 6.03 Å². The fourth-order valence-corrected chi connectivity index (χ4v) is 2.64. The van der Waals surface area contributed by atoms with E-state index in [1.807, 2.05) is 25.7 Å². The van der Waals surface area contributed by atoms with Crippen LogP contribution in [-0.2, 0) is 4.79 Å². The predicted octanol–water partition coefficient (Wildman–Crippen LogP) is 0.625. The number of nitrogens with one attached hydrogen (secondary N) is 1. The van der Waals surface area contributed by atoms with Gasteiger partial charge in [0.1, 0.15) is 0 Å². The van der Waals surface area contributed by atoms with E-state index in [0.29, 0.717) is 39.3 Å². The molecular weight excluding hydrogens is 256 g/mol. The summed E-state index contributed by atoms with van der Waals surface area (Å²) in [4.78, 5) is 28.0. The Kier molecular flexibility index (Phi) is 6.26. The van der Waals surface area contributed by atoms with Crippen LogP contribution in [0.4, 0.5) is 4.79 Å². The van der Waals surface area contributed by atoms with Gasteiger partial charge < -0.3 is 20.9 Å². The van der Waals surface area contributed by atoms with E-state index in [-0.39, 0.29) is 11.9 Å². The lowest BCUT2D eigenvalue weighted by molar-refractivity contribution is -0.143. The molecule has 0 atom stereocenters. The summed E-state index contributed by atoms with van der Waals surface area (Å²) in [5, 5.41) is 2.79. The van der Waals surface area contributed by atoms with Crippen LogP contribution < -0.4 is 11.1 Å². The van der Waals surface area contributed by atoms with Crippen molar-refractivity contribution >= 4 is 11.9 Å². The minimum Gasteiger partial charge on any atom is -0.339 e. The molecule has 0 unspecified atom stereocenters. The van der Waals surface area contributed by atoms with Crippen molar-refractivity contribution in [3.8, 4) is 0 Å². The summed E-state index contributed by atoms with van der Waals surface area (Å²) >= 11 is 0. The molecule has 0 spiro atoms. The Hall–Kier alpha value is -1.30. The molecule has 116 valence electrons. The largest absolute Gasteiger partial charge is 0.339 e. The van der Waals surface area contributed by atoms with Gasteiger partial charge in [-0.1, -0.05) is 13.8 Å². The maximum absolute atomic E-state index is 12.6. The third kappa shape index (κ3) is 3.42. The highest BCUT2D eigenvalue weighted by Crippen LogP contribution is 2.28. The number of urea groups is 1. The molecule has 0 aromatic heterocycles. The van der Waals surface area contributed by atoms with Gasteiger partial charge in [0.25, 0.3) is 0 Å². The average Bonchev–Trinajstić information content (AvgIpc) is 2.50. The van der Waals surface area contributed by atoms with Crippen LogP contribution in [0.5, 0.6) is 0 Å². The molecule has 6 nitrogen and oxygen atoms in total. The highest BCUT2D eigenvalue weighted by atomic mass is 16.2. The second-order valence-electron chi connectivity index (χ2n) is 5.31. The van der Waals surface area contributed by atoms with E-state index in [0.717, 1.165) is 12.8 Å². The third-order valence-electron chi connectivity index (χ3n) is 4.38. The van der Waals surface area contributed by atoms with Crippen molar-refractivity contribution in [2.45, 2.75) is 33.6 Å². The number of hydrogen-bond donors (Lipinski definition) is 2. The van der Waals surface area contributed by atoms with Crippen LogP contribution in [0, 0.1) is 5.41 Å². The maximum Gasteiger partial charge on any atom is 0.317 e. The molecular formula is C14H28N4O2. The number of nitrogens with two attached hydrogens (primary N) is 1. The Morgan fingerprint density at radius 3 is 1.95 bits per heavy atom. The van der Waals surface area contributed by atoms with Crippen LogP contribution in [0.25, 0.3) is 0 Å². The second kappa shape index (κ2) is 7.47. The van der Waals surface area contributed by atoms with Gasteiger partial charge in [0.15, 0.2) is 0 Å². The fourth-order valence-electron chi connectivity index (χ4n) is 2.64. The van der Waals surface area contributed by atoms with Gasteiger partial charge in [0, 0.05) is 39.3 Å². The normalized spacial score (nSPS) is 16.2. The summed E-state index contributed by atoms with van der Waals surface area (Å²) in [5.41, 5.74) is 5.39. The topological polar surface area (TPSA) is 78.7 Å².